The smallest absolute Gasteiger partial charge is 0.251 e. The molecule has 1 heterocycles. The van der Waals surface area contributed by atoms with Gasteiger partial charge >= 0.3 is 0 Å². The first-order chi connectivity index (χ1) is 9.51. The van der Waals surface area contributed by atoms with Gasteiger partial charge in [0, 0.05) is 23.6 Å². The highest BCUT2D eigenvalue weighted by atomic mass is 32.2. The van der Waals surface area contributed by atoms with Crippen molar-refractivity contribution >= 4 is 29.3 Å². The van der Waals surface area contributed by atoms with Crippen molar-refractivity contribution in [2.24, 2.45) is 0 Å². The summed E-state index contributed by atoms with van der Waals surface area (Å²) in [6.07, 6.45) is 0. The van der Waals surface area contributed by atoms with Gasteiger partial charge in [-0.25, -0.2) is 0 Å². The monoisotopic (exact) mass is 294 g/mol. The minimum atomic E-state index is -0.171. The van der Waals surface area contributed by atoms with Crippen LogP contribution in [0.5, 0.6) is 0 Å². The fourth-order valence-electron chi connectivity index (χ4n) is 1.95. The molecular weight excluding hydrogens is 276 g/mol. The van der Waals surface area contributed by atoms with Crippen molar-refractivity contribution in [1.29, 1.82) is 0 Å². The van der Waals surface area contributed by atoms with Crippen molar-refractivity contribution in [3.05, 3.63) is 23.8 Å². The molecule has 1 aliphatic rings. The number of anilines is 1. The van der Waals surface area contributed by atoms with Crippen molar-refractivity contribution < 1.29 is 14.3 Å². The Morgan fingerprint density at radius 1 is 1.55 bits per heavy atom. The maximum Gasteiger partial charge on any atom is 0.251 e. The molecule has 1 aliphatic heterocycles. The number of methoxy groups -OCH3 is 1. The number of carbonyl (C=O) groups excluding carboxylic acids is 2. The van der Waals surface area contributed by atoms with E-state index in [2.05, 4.69) is 10.6 Å². The maximum absolute atomic E-state index is 12.1. The highest BCUT2D eigenvalue weighted by molar-refractivity contribution is 8.00. The van der Waals surface area contributed by atoms with Gasteiger partial charge < -0.3 is 15.4 Å². The van der Waals surface area contributed by atoms with Gasteiger partial charge in [0.15, 0.2) is 0 Å². The van der Waals surface area contributed by atoms with Crippen LogP contribution in [-0.4, -0.2) is 36.8 Å². The molecule has 6 heteroatoms. The predicted octanol–water partition coefficient (Wildman–Crippen LogP) is 1.88. The molecule has 0 radical (unpaired) electrons. The lowest BCUT2D eigenvalue weighted by Gasteiger charge is -2.22. The van der Waals surface area contributed by atoms with Gasteiger partial charge in [0.2, 0.25) is 5.91 Å². The molecule has 0 fully saturated rings. The van der Waals surface area contributed by atoms with E-state index in [1.807, 2.05) is 19.9 Å². The van der Waals surface area contributed by atoms with E-state index in [-0.39, 0.29) is 23.1 Å². The van der Waals surface area contributed by atoms with Crippen LogP contribution in [0.15, 0.2) is 23.1 Å². The van der Waals surface area contributed by atoms with Crippen molar-refractivity contribution in [1.82, 2.24) is 5.32 Å². The van der Waals surface area contributed by atoms with Crippen molar-refractivity contribution in [3.63, 3.8) is 0 Å². The van der Waals surface area contributed by atoms with Crippen LogP contribution in [0, 0.1) is 0 Å². The Hall–Kier alpha value is -1.53. The average Bonchev–Trinajstić information content (AvgIpc) is 2.39. The van der Waals surface area contributed by atoms with E-state index in [0.29, 0.717) is 17.9 Å². The maximum atomic E-state index is 12.1. The molecule has 2 N–H and O–H groups in total. The Bertz CT molecular complexity index is 533. The molecule has 2 rings (SSSR count). The molecule has 20 heavy (non-hydrogen) atoms. The second-order valence-corrected chi connectivity index (χ2v) is 6.17. The number of carbonyl (C=O) groups is 2. The Kier molecular flexibility index (Phi) is 4.67. The summed E-state index contributed by atoms with van der Waals surface area (Å²) in [5, 5.41) is 5.55. The first-order valence-electron chi connectivity index (χ1n) is 6.42. The van der Waals surface area contributed by atoms with Crippen LogP contribution in [0.2, 0.25) is 0 Å². The first kappa shape index (κ1) is 14.9. The Morgan fingerprint density at radius 2 is 2.30 bits per heavy atom. The highest BCUT2D eigenvalue weighted by Gasteiger charge is 2.23. The minimum Gasteiger partial charge on any atom is -0.383 e. The molecule has 0 saturated heterocycles. The zero-order valence-corrected chi connectivity index (χ0v) is 12.5. The molecule has 2 amide bonds. The zero-order chi connectivity index (χ0) is 14.7. The number of nitrogens with one attached hydrogen (secondary N) is 2. The van der Waals surface area contributed by atoms with Crippen LogP contribution in [-0.2, 0) is 9.53 Å². The summed E-state index contributed by atoms with van der Waals surface area (Å²) in [6.45, 7) is 4.19. The van der Waals surface area contributed by atoms with Gasteiger partial charge in [0.25, 0.3) is 5.91 Å². The van der Waals surface area contributed by atoms with Crippen LogP contribution >= 0.6 is 11.8 Å². The molecule has 1 aromatic rings. The summed E-state index contributed by atoms with van der Waals surface area (Å²) in [4.78, 5) is 24.7. The van der Waals surface area contributed by atoms with E-state index in [9.17, 15) is 9.59 Å². The molecule has 0 aromatic heterocycles. The Morgan fingerprint density at radius 3 is 3.00 bits per heavy atom. The third-order valence-corrected chi connectivity index (χ3v) is 4.14. The Labute approximate surface area is 122 Å². The van der Waals surface area contributed by atoms with E-state index in [1.165, 1.54) is 11.8 Å². The first-order valence-corrected chi connectivity index (χ1v) is 7.30. The van der Waals surface area contributed by atoms with Gasteiger partial charge in [-0.05, 0) is 32.0 Å². The molecule has 5 nitrogen and oxygen atoms in total. The van der Waals surface area contributed by atoms with Crippen molar-refractivity contribution in [2.75, 3.05) is 19.0 Å². The van der Waals surface area contributed by atoms with E-state index >= 15 is 0 Å². The number of benzene rings is 1. The fourth-order valence-corrected chi connectivity index (χ4v) is 2.88. The van der Waals surface area contributed by atoms with Crippen LogP contribution in [0.1, 0.15) is 24.2 Å². The zero-order valence-electron chi connectivity index (χ0n) is 11.7. The van der Waals surface area contributed by atoms with Crippen LogP contribution in [0.25, 0.3) is 0 Å². The van der Waals surface area contributed by atoms with E-state index in [0.717, 1.165) is 4.90 Å². The lowest BCUT2D eigenvalue weighted by Crippen LogP contribution is -2.35. The van der Waals surface area contributed by atoms with Crippen LogP contribution in [0.4, 0.5) is 5.69 Å². The van der Waals surface area contributed by atoms with E-state index in [4.69, 9.17) is 4.74 Å². The quantitative estimate of drug-likeness (QED) is 0.890. The molecule has 0 spiro atoms. The van der Waals surface area contributed by atoms with Gasteiger partial charge in [-0.3, -0.25) is 9.59 Å². The summed E-state index contributed by atoms with van der Waals surface area (Å²) in [5.41, 5.74) is 1.23. The number of ether oxygens (including phenoxy) is 1. The van der Waals surface area contributed by atoms with Crippen molar-refractivity contribution in [2.45, 2.75) is 30.0 Å². The number of hydrogen-bond acceptors (Lipinski definition) is 4. The number of hydrogen-bond donors (Lipinski definition) is 2. The molecule has 2 unspecified atom stereocenters. The summed E-state index contributed by atoms with van der Waals surface area (Å²) in [6, 6.07) is 5.28. The summed E-state index contributed by atoms with van der Waals surface area (Å²) >= 11 is 1.50. The minimum absolute atomic E-state index is 0.0344. The molecule has 0 bridgehead atoms. The molecule has 1 aromatic carbocycles. The lowest BCUT2D eigenvalue weighted by atomic mass is 10.1. The predicted molar refractivity (Wildman–Crippen MR) is 79.2 cm³/mol. The fraction of sp³-hybridized carbons (Fsp3) is 0.429. The standard InChI is InChI=1S/C14H18N2O3S/c1-8(7-19-3)15-14(18)10-4-5-12-11(6-10)16-13(17)9(2)20-12/h4-6,8-9H,7H2,1-3H3,(H,15,18)(H,16,17). The SMILES string of the molecule is COCC(C)NC(=O)c1ccc2c(c1)NC(=O)C(C)S2. The number of rotatable bonds is 4. The van der Waals surface area contributed by atoms with Crippen molar-refractivity contribution in [3.8, 4) is 0 Å². The van der Waals surface area contributed by atoms with Gasteiger partial charge in [-0.15, -0.1) is 11.8 Å². The Balaban J connectivity index is 2.13. The second kappa shape index (κ2) is 6.28. The molecule has 0 saturated carbocycles. The third kappa shape index (κ3) is 3.32. The molecule has 108 valence electrons. The number of thioether (sulfide) groups is 1. The van der Waals surface area contributed by atoms with Crippen LogP contribution < -0.4 is 10.6 Å². The normalized spacial score (nSPS) is 18.9. The molecule has 2 atom stereocenters. The highest BCUT2D eigenvalue weighted by Crippen LogP contribution is 2.35. The number of fused-ring (bicyclic) bond motifs is 1. The number of amides is 2. The van der Waals surface area contributed by atoms with E-state index < -0.39 is 0 Å². The average molecular weight is 294 g/mol. The summed E-state index contributed by atoms with van der Waals surface area (Å²) in [7, 11) is 1.59. The summed E-state index contributed by atoms with van der Waals surface area (Å²) < 4.78 is 4.98. The topological polar surface area (TPSA) is 67.4 Å². The van der Waals surface area contributed by atoms with Crippen LogP contribution in [0.3, 0.4) is 0 Å². The van der Waals surface area contributed by atoms with Gasteiger partial charge in [0.1, 0.15) is 0 Å². The summed E-state index contributed by atoms with van der Waals surface area (Å²) in [5.74, 6) is -0.206. The van der Waals surface area contributed by atoms with Gasteiger partial charge in [-0.1, -0.05) is 0 Å². The second-order valence-electron chi connectivity index (χ2n) is 4.79. The third-order valence-electron chi connectivity index (χ3n) is 2.97. The van der Waals surface area contributed by atoms with E-state index in [1.54, 1.807) is 19.2 Å². The lowest BCUT2D eigenvalue weighted by molar-refractivity contribution is -0.115. The van der Waals surface area contributed by atoms with Gasteiger partial charge in [0.05, 0.1) is 17.5 Å². The van der Waals surface area contributed by atoms with Gasteiger partial charge in [-0.2, -0.15) is 0 Å². The molecule has 0 aliphatic carbocycles. The largest absolute Gasteiger partial charge is 0.383 e. The molecular formula is C14H18N2O3S.